The van der Waals surface area contributed by atoms with E-state index in [0.717, 1.165) is 18.8 Å². The second-order valence-corrected chi connectivity index (χ2v) is 4.88. The summed E-state index contributed by atoms with van der Waals surface area (Å²) in [7, 11) is 1.72. The highest BCUT2D eigenvalue weighted by molar-refractivity contribution is 7.99. The molecule has 15 heavy (non-hydrogen) atoms. The zero-order valence-electron chi connectivity index (χ0n) is 9.05. The van der Waals surface area contributed by atoms with Crippen molar-refractivity contribution >= 4 is 29.1 Å². The largest absolute Gasteiger partial charge is 0.398 e. The lowest BCUT2D eigenvalue weighted by Gasteiger charge is -2.07. The van der Waals surface area contributed by atoms with Crippen molar-refractivity contribution in [1.29, 1.82) is 0 Å². The van der Waals surface area contributed by atoms with E-state index >= 15 is 0 Å². The van der Waals surface area contributed by atoms with E-state index in [2.05, 4.69) is 0 Å². The molecule has 0 amide bonds. The highest BCUT2D eigenvalue weighted by atomic mass is 35.5. The molecule has 0 heterocycles. The van der Waals surface area contributed by atoms with Gasteiger partial charge in [0, 0.05) is 24.4 Å². The van der Waals surface area contributed by atoms with Gasteiger partial charge in [0.05, 0.1) is 10.7 Å². The van der Waals surface area contributed by atoms with Crippen LogP contribution in [0.5, 0.6) is 0 Å². The molecule has 2 N–H and O–H groups in total. The van der Waals surface area contributed by atoms with E-state index in [1.165, 1.54) is 10.5 Å². The van der Waals surface area contributed by atoms with Crippen LogP contribution in [0.1, 0.15) is 12.0 Å². The number of anilines is 1. The molecule has 0 fully saturated rings. The minimum absolute atomic E-state index is 0.634. The van der Waals surface area contributed by atoms with Crippen molar-refractivity contribution in [2.75, 3.05) is 25.2 Å². The maximum Gasteiger partial charge on any atom is 0.0646 e. The van der Waals surface area contributed by atoms with Gasteiger partial charge in [-0.1, -0.05) is 11.6 Å². The number of methoxy groups -OCH3 is 1. The molecule has 0 aliphatic rings. The molecule has 1 aromatic rings. The van der Waals surface area contributed by atoms with Gasteiger partial charge in [-0.05, 0) is 31.0 Å². The maximum atomic E-state index is 5.96. The number of hydrogen-bond donors (Lipinski definition) is 1. The van der Waals surface area contributed by atoms with Crippen LogP contribution in [0.15, 0.2) is 17.0 Å². The highest BCUT2D eigenvalue weighted by Gasteiger charge is 2.03. The summed E-state index contributed by atoms with van der Waals surface area (Å²) in [4.78, 5) is 1.20. The SMILES string of the molecule is COCCCSc1cc(Cl)c(N)cc1C. The Balaban J connectivity index is 2.57. The van der Waals surface area contributed by atoms with Crippen molar-refractivity contribution in [3.8, 4) is 0 Å². The Kier molecular flexibility index (Phi) is 5.29. The van der Waals surface area contributed by atoms with Crippen LogP contribution in [-0.2, 0) is 4.74 Å². The van der Waals surface area contributed by atoms with Crippen LogP contribution in [0.3, 0.4) is 0 Å². The molecule has 0 radical (unpaired) electrons. The molecule has 84 valence electrons. The Labute approximate surface area is 100 Å². The van der Waals surface area contributed by atoms with Crippen LogP contribution in [0.25, 0.3) is 0 Å². The second kappa shape index (κ2) is 6.26. The Morgan fingerprint density at radius 2 is 2.20 bits per heavy atom. The third kappa shape index (κ3) is 3.93. The standard InChI is InChI=1S/C11H16ClNOS/c1-8-6-10(13)9(12)7-11(8)15-5-3-4-14-2/h6-7H,3-5,13H2,1-2H3. The molecular formula is C11H16ClNOS. The fourth-order valence-electron chi connectivity index (χ4n) is 1.23. The predicted molar refractivity (Wildman–Crippen MR) is 67.8 cm³/mol. The molecule has 0 unspecified atom stereocenters. The molecular weight excluding hydrogens is 230 g/mol. The van der Waals surface area contributed by atoms with Gasteiger partial charge in [0.25, 0.3) is 0 Å². The van der Waals surface area contributed by atoms with Crippen molar-refractivity contribution in [3.63, 3.8) is 0 Å². The zero-order valence-corrected chi connectivity index (χ0v) is 10.6. The summed E-state index contributed by atoms with van der Waals surface area (Å²) in [5.74, 6) is 1.04. The van der Waals surface area contributed by atoms with Crippen molar-refractivity contribution in [2.45, 2.75) is 18.2 Å². The molecule has 1 rings (SSSR count). The van der Waals surface area contributed by atoms with Crippen LogP contribution in [0, 0.1) is 6.92 Å². The molecule has 2 nitrogen and oxygen atoms in total. The number of nitrogen functional groups attached to an aromatic ring is 1. The van der Waals surface area contributed by atoms with Gasteiger partial charge in [0.15, 0.2) is 0 Å². The van der Waals surface area contributed by atoms with E-state index < -0.39 is 0 Å². The summed E-state index contributed by atoms with van der Waals surface area (Å²) >= 11 is 7.75. The van der Waals surface area contributed by atoms with E-state index in [4.69, 9.17) is 22.1 Å². The molecule has 0 saturated carbocycles. The number of aryl methyl sites for hydroxylation is 1. The Morgan fingerprint density at radius 3 is 2.87 bits per heavy atom. The van der Waals surface area contributed by atoms with E-state index in [1.807, 2.05) is 19.1 Å². The Morgan fingerprint density at radius 1 is 1.47 bits per heavy atom. The molecule has 4 heteroatoms. The fraction of sp³-hybridized carbons (Fsp3) is 0.455. The second-order valence-electron chi connectivity index (χ2n) is 3.33. The highest BCUT2D eigenvalue weighted by Crippen LogP contribution is 2.30. The van der Waals surface area contributed by atoms with Gasteiger partial charge >= 0.3 is 0 Å². The normalized spacial score (nSPS) is 10.6. The summed E-state index contributed by atoms with van der Waals surface area (Å²) in [6, 6.07) is 3.85. The van der Waals surface area contributed by atoms with Crippen molar-refractivity contribution in [2.24, 2.45) is 0 Å². The molecule has 0 aliphatic carbocycles. The van der Waals surface area contributed by atoms with Crippen LogP contribution in [0.4, 0.5) is 5.69 Å². The van der Waals surface area contributed by atoms with E-state index in [0.29, 0.717) is 10.7 Å². The fourth-order valence-corrected chi connectivity index (χ4v) is 2.42. The minimum Gasteiger partial charge on any atom is -0.398 e. The van der Waals surface area contributed by atoms with Gasteiger partial charge in [0.1, 0.15) is 0 Å². The van der Waals surface area contributed by atoms with Crippen molar-refractivity contribution < 1.29 is 4.74 Å². The van der Waals surface area contributed by atoms with Gasteiger partial charge in [-0.3, -0.25) is 0 Å². The number of hydrogen-bond acceptors (Lipinski definition) is 3. The molecule has 0 aromatic heterocycles. The Bertz CT molecular complexity index is 331. The number of thioether (sulfide) groups is 1. The first-order valence-corrected chi connectivity index (χ1v) is 6.19. The monoisotopic (exact) mass is 245 g/mol. The van der Waals surface area contributed by atoms with Gasteiger partial charge < -0.3 is 10.5 Å². The molecule has 0 spiro atoms. The molecule has 0 aliphatic heterocycles. The third-order valence-corrected chi connectivity index (χ3v) is 3.62. The Hall–Kier alpha value is -0.380. The van der Waals surface area contributed by atoms with Gasteiger partial charge in [-0.2, -0.15) is 0 Å². The minimum atomic E-state index is 0.634. The lowest BCUT2D eigenvalue weighted by atomic mass is 10.2. The predicted octanol–water partition coefficient (Wildman–Crippen LogP) is 3.36. The summed E-state index contributed by atoms with van der Waals surface area (Å²) < 4.78 is 4.99. The average Bonchev–Trinajstić information content (AvgIpc) is 2.20. The average molecular weight is 246 g/mol. The molecule has 0 saturated heterocycles. The topological polar surface area (TPSA) is 35.2 Å². The van der Waals surface area contributed by atoms with Crippen LogP contribution >= 0.6 is 23.4 Å². The number of halogens is 1. The van der Waals surface area contributed by atoms with Crippen molar-refractivity contribution in [1.82, 2.24) is 0 Å². The van der Waals surface area contributed by atoms with Gasteiger partial charge in [0.2, 0.25) is 0 Å². The van der Waals surface area contributed by atoms with Crippen molar-refractivity contribution in [3.05, 3.63) is 22.7 Å². The maximum absolute atomic E-state index is 5.96. The third-order valence-electron chi connectivity index (χ3n) is 2.04. The van der Waals surface area contributed by atoms with E-state index in [-0.39, 0.29) is 0 Å². The van der Waals surface area contributed by atoms with E-state index in [9.17, 15) is 0 Å². The van der Waals surface area contributed by atoms with Gasteiger partial charge in [-0.15, -0.1) is 11.8 Å². The molecule has 0 atom stereocenters. The number of ether oxygens (including phenoxy) is 1. The lowest BCUT2D eigenvalue weighted by molar-refractivity contribution is 0.200. The smallest absolute Gasteiger partial charge is 0.0646 e. The number of nitrogens with two attached hydrogens (primary N) is 1. The summed E-state index contributed by atoms with van der Waals surface area (Å²) in [5, 5.41) is 0.634. The van der Waals surface area contributed by atoms with Gasteiger partial charge in [-0.25, -0.2) is 0 Å². The van der Waals surface area contributed by atoms with Crippen LogP contribution in [-0.4, -0.2) is 19.5 Å². The summed E-state index contributed by atoms with van der Waals surface area (Å²) in [5.41, 5.74) is 7.53. The summed E-state index contributed by atoms with van der Waals surface area (Å²) in [6.07, 6.45) is 1.04. The first-order chi connectivity index (χ1) is 7.15. The zero-order chi connectivity index (χ0) is 11.3. The molecule has 1 aromatic carbocycles. The summed E-state index contributed by atoms with van der Waals surface area (Å²) in [6.45, 7) is 2.85. The molecule has 0 bridgehead atoms. The first-order valence-electron chi connectivity index (χ1n) is 4.82. The van der Waals surface area contributed by atoms with Crippen LogP contribution in [0.2, 0.25) is 5.02 Å². The first kappa shape index (κ1) is 12.7. The number of benzene rings is 1. The van der Waals surface area contributed by atoms with Crippen LogP contribution < -0.4 is 5.73 Å². The quantitative estimate of drug-likeness (QED) is 0.491. The van der Waals surface area contributed by atoms with E-state index in [1.54, 1.807) is 18.9 Å². The lowest BCUT2D eigenvalue weighted by Crippen LogP contribution is -1.92. The number of rotatable bonds is 5.